The lowest BCUT2D eigenvalue weighted by Gasteiger charge is -2.29. The van der Waals surface area contributed by atoms with Gasteiger partial charge in [-0.15, -0.1) is 0 Å². The SMILES string of the molecule is CC1CCN(S(=O)(=O)c2ccc(C(=O)N(C)Cc3ccccc3F)cc2)CC1. The molecule has 1 heterocycles. The Bertz CT molecular complexity index is 936. The highest BCUT2D eigenvalue weighted by Crippen LogP contribution is 2.24. The van der Waals surface area contributed by atoms with Crippen molar-refractivity contribution in [1.29, 1.82) is 0 Å². The molecule has 2 aromatic rings. The largest absolute Gasteiger partial charge is 0.337 e. The third-order valence-corrected chi connectivity index (χ3v) is 7.11. The van der Waals surface area contributed by atoms with E-state index < -0.39 is 10.0 Å². The topological polar surface area (TPSA) is 57.7 Å². The van der Waals surface area contributed by atoms with Crippen LogP contribution in [-0.2, 0) is 16.6 Å². The molecule has 0 atom stereocenters. The standard InChI is InChI=1S/C21H25FN2O3S/c1-16-11-13-24(14-12-16)28(26,27)19-9-7-17(8-10-19)21(25)23(2)15-18-5-3-4-6-20(18)22/h3-10,16H,11-15H2,1-2H3. The Hall–Kier alpha value is -2.25. The highest BCUT2D eigenvalue weighted by atomic mass is 32.2. The summed E-state index contributed by atoms with van der Waals surface area (Å²) in [5.41, 5.74) is 0.793. The Morgan fingerprint density at radius 2 is 1.71 bits per heavy atom. The van der Waals surface area contributed by atoms with Gasteiger partial charge in [0.05, 0.1) is 4.90 Å². The molecular weight excluding hydrogens is 379 g/mol. The van der Waals surface area contributed by atoms with Gasteiger partial charge in [0.1, 0.15) is 5.82 Å². The van der Waals surface area contributed by atoms with E-state index in [9.17, 15) is 17.6 Å². The molecule has 28 heavy (non-hydrogen) atoms. The van der Waals surface area contributed by atoms with E-state index in [0.29, 0.717) is 30.1 Å². The molecule has 1 amide bonds. The number of amides is 1. The molecule has 0 unspecified atom stereocenters. The summed E-state index contributed by atoms with van der Waals surface area (Å²) >= 11 is 0. The zero-order valence-electron chi connectivity index (χ0n) is 16.1. The molecule has 0 radical (unpaired) electrons. The van der Waals surface area contributed by atoms with Gasteiger partial charge in [-0.2, -0.15) is 4.31 Å². The maximum atomic E-state index is 13.8. The van der Waals surface area contributed by atoms with E-state index in [1.54, 1.807) is 25.2 Å². The number of sulfonamides is 1. The van der Waals surface area contributed by atoms with Crippen molar-refractivity contribution in [3.8, 4) is 0 Å². The maximum absolute atomic E-state index is 13.8. The first-order valence-corrected chi connectivity index (χ1v) is 10.8. The van der Waals surface area contributed by atoms with Crippen molar-refractivity contribution in [2.24, 2.45) is 5.92 Å². The second kappa shape index (κ2) is 8.41. The first-order chi connectivity index (χ1) is 13.3. The van der Waals surface area contributed by atoms with Crippen LogP contribution in [0, 0.1) is 11.7 Å². The predicted octanol–water partition coefficient (Wildman–Crippen LogP) is 3.52. The molecule has 1 aliphatic heterocycles. The van der Waals surface area contributed by atoms with E-state index in [0.717, 1.165) is 12.8 Å². The van der Waals surface area contributed by atoms with Gasteiger partial charge < -0.3 is 4.90 Å². The van der Waals surface area contributed by atoms with Gasteiger partial charge in [-0.1, -0.05) is 25.1 Å². The highest BCUT2D eigenvalue weighted by Gasteiger charge is 2.28. The zero-order chi connectivity index (χ0) is 20.3. The number of piperidine rings is 1. The number of benzene rings is 2. The van der Waals surface area contributed by atoms with Gasteiger partial charge in [-0.3, -0.25) is 4.79 Å². The molecule has 150 valence electrons. The Morgan fingerprint density at radius 3 is 2.32 bits per heavy atom. The molecule has 0 bridgehead atoms. The van der Waals surface area contributed by atoms with Gasteiger partial charge >= 0.3 is 0 Å². The first kappa shape index (κ1) is 20.5. The molecule has 0 aromatic heterocycles. The average molecular weight is 405 g/mol. The zero-order valence-corrected chi connectivity index (χ0v) is 17.0. The molecule has 1 aliphatic rings. The van der Waals surface area contributed by atoms with Gasteiger partial charge in [-0.05, 0) is 49.1 Å². The summed E-state index contributed by atoms with van der Waals surface area (Å²) in [7, 11) is -1.95. The molecule has 0 aliphatic carbocycles. The number of hydrogen-bond acceptors (Lipinski definition) is 3. The van der Waals surface area contributed by atoms with Crippen molar-refractivity contribution in [3.05, 3.63) is 65.5 Å². The fraction of sp³-hybridized carbons (Fsp3) is 0.381. The molecule has 3 rings (SSSR count). The van der Waals surface area contributed by atoms with Crippen molar-refractivity contribution < 1.29 is 17.6 Å². The number of carbonyl (C=O) groups is 1. The first-order valence-electron chi connectivity index (χ1n) is 9.38. The smallest absolute Gasteiger partial charge is 0.253 e. The minimum atomic E-state index is -3.54. The Balaban J connectivity index is 1.71. The van der Waals surface area contributed by atoms with Crippen LogP contribution in [0.2, 0.25) is 0 Å². The van der Waals surface area contributed by atoms with Crippen LogP contribution < -0.4 is 0 Å². The molecular formula is C21H25FN2O3S. The normalized spacial score (nSPS) is 16.1. The molecule has 1 fully saturated rings. The summed E-state index contributed by atoms with van der Waals surface area (Å²) in [5.74, 6) is -0.116. The van der Waals surface area contributed by atoms with Crippen LogP contribution >= 0.6 is 0 Å². The molecule has 0 N–H and O–H groups in total. The lowest BCUT2D eigenvalue weighted by Crippen LogP contribution is -2.37. The number of rotatable bonds is 5. The van der Waals surface area contributed by atoms with Crippen molar-refractivity contribution in [1.82, 2.24) is 9.21 Å². The summed E-state index contributed by atoms with van der Waals surface area (Å²) in [4.78, 5) is 14.2. The Morgan fingerprint density at radius 1 is 1.11 bits per heavy atom. The predicted molar refractivity (Wildman–Crippen MR) is 106 cm³/mol. The average Bonchev–Trinajstić information content (AvgIpc) is 2.69. The van der Waals surface area contributed by atoms with Crippen LogP contribution in [-0.4, -0.2) is 43.7 Å². The fourth-order valence-corrected chi connectivity index (χ4v) is 4.79. The molecule has 5 nitrogen and oxygen atoms in total. The van der Waals surface area contributed by atoms with E-state index in [1.165, 1.54) is 39.5 Å². The molecule has 7 heteroatoms. The summed E-state index contributed by atoms with van der Waals surface area (Å²) < 4.78 is 40.9. The molecule has 1 saturated heterocycles. The fourth-order valence-electron chi connectivity index (χ4n) is 3.32. The summed E-state index contributed by atoms with van der Waals surface area (Å²) in [6.45, 7) is 3.31. The van der Waals surface area contributed by atoms with E-state index in [4.69, 9.17) is 0 Å². The van der Waals surface area contributed by atoms with Crippen LogP contribution in [0.1, 0.15) is 35.7 Å². The summed E-state index contributed by atoms with van der Waals surface area (Å²) in [6.07, 6.45) is 1.72. The third-order valence-electron chi connectivity index (χ3n) is 5.19. The lowest BCUT2D eigenvalue weighted by molar-refractivity contribution is 0.0783. The molecule has 0 saturated carbocycles. The van der Waals surface area contributed by atoms with Crippen molar-refractivity contribution >= 4 is 15.9 Å². The van der Waals surface area contributed by atoms with Crippen LogP contribution in [0.3, 0.4) is 0 Å². The van der Waals surface area contributed by atoms with E-state index in [2.05, 4.69) is 6.92 Å². The minimum Gasteiger partial charge on any atom is -0.337 e. The van der Waals surface area contributed by atoms with Crippen molar-refractivity contribution in [2.45, 2.75) is 31.2 Å². The second-order valence-corrected chi connectivity index (χ2v) is 9.30. The number of hydrogen-bond donors (Lipinski definition) is 0. The van der Waals surface area contributed by atoms with Crippen LogP contribution in [0.15, 0.2) is 53.4 Å². The Labute approximate surface area is 165 Å². The van der Waals surface area contributed by atoms with Crippen molar-refractivity contribution in [2.75, 3.05) is 20.1 Å². The van der Waals surface area contributed by atoms with Gasteiger partial charge in [0, 0.05) is 37.8 Å². The monoisotopic (exact) mass is 404 g/mol. The number of carbonyl (C=O) groups excluding carboxylic acids is 1. The summed E-state index contributed by atoms with van der Waals surface area (Å²) in [5, 5.41) is 0. The van der Waals surface area contributed by atoms with Crippen LogP contribution in [0.5, 0.6) is 0 Å². The van der Waals surface area contributed by atoms with E-state index in [1.807, 2.05) is 0 Å². The second-order valence-electron chi connectivity index (χ2n) is 7.36. The van der Waals surface area contributed by atoms with Crippen molar-refractivity contribution in [3.63, 3.8) is 0 Å². The quantitative estimate of drug-likeness (QED) is 0.766. The van der Waals surface area contributed by atoms with Crippen LogP contribution in [0.25, 0.3) is 0 Å². The molecule has 0 spiro atoms. The van der Waals surface area contributed by atoms with E-state index >= 15 is 0 Å². The van der Waals surface area contributed by atoms with E-state index in [-0.39, 0.29) is 23.2 Å². The number of nitrogens with zero attached hydrogens (tertiary/aromatic N) is 2. The minimum absolute atomic E-state index is 0.136. The highest BCUT2D eigenvalue weighted by molar-refractivity contribution is 7.89. The summed E-state index contributed by atoms with van der Waals surface area (Å²) in [6, 6.07) is 12.3. The third kappa shape index (κ3) is 4.42. The maximum Gasteiger partial charge on any atom is 0.253 e. The lowest BCUT2D eigenvalue weighted by atomic mass is 10.0. The number of halogens is 1. The van der Waals surface area contributed by atoms with Gasteiger partial charge in [-0.25, -0.2) is 12.8 Å². The van der Waals surface area contributed by atoms with Gasteiger partial charge in [0.2, 0.25) is 10.0 Å². The van der Waals surface area contributed by atoms with Gasteiger partial charge in [0.15, 0.2) is 0 Å². The van der Waals surface area contributed by atoms with Crippen LogP contribution in [0.4, 0.5) is 4.39 Å². The Kier molecular flexibility index (Phi) is 6.15. The molecule has 2 aromatic carbocycles. The van der Waals surface area contributed by atoms with Gasteiger partial charge in [0.25, 0.3) is 5.91 Å².